The Morgan fingerprint density at radius 1 is 1.50 bits per heavy atom. The number of amides is 1. The Bertz CT molecular complexity index is 465. The van der Waals surface area contributed by atoms with Gasteiger partial charge in [-0.3, -0.25) is 9.59 Å². The first kappa shape index (κ1) is 14.6. The fourth-order valence-electron chi connectivity index (χ4n) is 1.27. The highest BCUT2D eigenvalue weighted by Gasteiger charge is 2.13. The lowest BCUT2D eigenvalue weighted by atomic mass is 10.1. The molecule has 0 saturated carbocycles. The summed E-state index contributed by atoms with van der Waals surface area (Å²) in [5, 5.41) is 11.2. The van der Waals surface area contributed by atoms with Crippen LogP contribution >= 0.6 is 15.9 Å². The summed E-state index contributed by atoms with van der Waals surface area (Å²) in [6, 6.07) is 4.08. The summed E-state index contributed by atoms with van der Waals surface area (Å²) in [5.41, 5.74) is 0.524. The molecule has 6 heteroatoms. The van der Waals surface area contributed by atoms with Crippen LogP contribution < -0.4 is 5.32 Å². The molecule has 0 bridgehead atoms. The zero-order valence-corrected chi connectivity index (χ0v) is 11.3. The van der Waals surface area contributed by atoms with Crippen LogP contribution in [0.25, 0.3) is 0 Å². The third-order valence-electron chi connectivity index (χ3n) is 2.39. The quantitative estimate of drug-likeness (QED) is 0.872. The van der Waals surface area contributed by atoms with Crippen molar-refractivity contribution in [3.05, 3.63) is 34.1 Å². The van der Waals surface area contributed by atoms with Gasteiger partial charge < -0.3 is 10.4 Å². The normalized spacial score (nSPS) is 11.9. The predicted octanol–water partition coefficient (Wildman–Crippen LogP) is 1.97. The van der Waals surface area contributed by atoms with E-state index < -0.39 is 17.7 Å². The molecule has 0 saturated heterocycles. The van der Waals surface area contributed by atoms with Crippen LogP contribution in [0.4, 0.5) is 4.39 Å². The van der Waals surface area contributed by atoms with Gasteiger partial charge in [-0.05, 0) is 23.8 Å². The van der Waals surface area contributed by atoms with Crippen LogP contribution in [0.15, 0.2) is 22.7 Å². The molecule has 1 rings (SSSR count). The zero-order chi connectivity index (χ0) is 13.7. The number of hydrogen-bond acceptors (Lipinski definition) is 2. The van der Waals surface area contributed by atoms with Gasteiger partial charge in [-0.1, -0.05) is 22.9 Å². The minimum atomic E-state index is -0.970. The number of carboxylic acid groups (broad SMARTS) is 1. The first-order valence-electron chi connectivity index (χ1n) is 5.33. The third kappa shape index (κ3) is 4.44. The number of aliphatic carboxylic acids is 1. The average Bonchev–Trinajstić information content (AvgIpc) is 2.30. The second-order valence-electron chi connectivity index (χ2n) is 3.96. The summed E-state index contributed by atoms with van der Waals surface area (Å²) in [7, 11) is 0. The lowest BCUT2D eigenvalue weighted by Crippen LogP contribution is -2.32. The van der Waals surface area contributed by atoms with E-state index in [2.05, 4.69) is 21.2 Å². The minimum Gasteiger partial charge on any atom is -0.481 e. The second kappa shape index (κ2) is 6.49. The zero-order valence-electron chi connectivity index (χ0n) is 9.74. The van der Waals surface area contributed by atoms with Crippen molar-refractivity contribution < 1.29 is 19.1 Å². The topological polar surface area (TPSA) is 66.4 Å². The minimum absolute atomic E-state index is 0.00465. The molecule has 98 valence electrons. The lowest BCUT2D eigenvalue weighted by molar-refractivity contribution is -0.141. The molecular weight excluding hydrogens is 305 g/mol. The molecular formula is C12H13BrFNO3. The average molecular weight is 318 g/mol. The van der Waals surface area contributed by atoms with Gasteiger partial charge >= 0.3 is 5.97 Å². The highest BCUT2D eigenvalue weighted by molar-refractivity contribution is 9.10. The number of carbonyl (C=O) groups excluding carboxylic acids is 1. The summed E-state index contributed by atoms with van der Waals surface area (Å²) in [5.74, 6) is -2.37. The maximum atomic E-state index is 13.0. The second-order valence-corrected chi connectivity index (χ2v) is 4.81. The molecule has 0 heterocycles. The molecule has 0 spiro atoms. The van der Waals surface area contributed by atoms with Gasteiger partial charge in [-0.15, -0.1) is 0 Å². The van der Waals surface area contributed by atoms with E-state index in [1.807, 2.05) is 0 Å². The summed E-state index contributed by atoms with van der Waals surface area (Å²) in [6.45, 7) is 1.56. The van der Waals surface area contributed by atoms with Gasteiger partial charge in [0.05, 0.1) is 12.3 Å². The van der Waals surface area contributed by atoms with Crippen molar-refractivity contribution in [1.82, 2.24) is 5.32 Å². The molecule has 1 amide bonds. The van der Waals surface area contributed by atoms with Gasteiger partial charge in [-0.2, -0.15) is 0 Å². The molecule has 1 aromatic carbocycles. The fraction of sp³-hybridized carbons (Fsp3) is 0.333. The maximum Gasteiger partial charge on any atom is 0.308 e. The standard InChI is InChI=1S/C12H13BrFNO3/c1-7(12(17)18)6-15-11(16)5-8-4-9(14)2-3-10(8)13/h2-4,7H,5-6H2,1H3,(H,15,16)(H,17,18). The number of carboxylic acids is 1. The Labute approximate surface area is 112 Å². The number of halogens is 2. The van der Waals surface area contributed by atoms with Crippen molar-refractivity contribution in [3.63, 3.8) is 0 Å². The third-order valence-corrected chi connectivity index (χ3v) is 3.16. The Kier molecular flexibility index (Phi) is 5.27. The molecule has 0 aliphatic heterocycles. The van der Waals surface area contributed by atoms with Crippen LogP contribution in [0.5, 0.6) is 0 Å². The summed E-state index contributed by atoms with van der Waals surface area (Å²) < 4.78 is 13.6. The number of rotatable bonds is 5. The van der Waals surface area contributed by atoms with E-state index in [9.17, 15) is 14.0 Å². The van der Waals surface area contributed by atoms with Crippen molar-refractivity contribution in [2.24, 2.45) is 5.92 Å². The summed E-state index contributed by atoms with van der Waals surface area (Å²) >= 11 is 3.22. The van der Waals surface area contributed by atoms with Gasteiger partial charge in [-0.25, -0.2) is 4.39 Å². The smallest absolute Gasteiger partial charge is 0.308 e. The van der Waals surface area contributed by atoms with Crippen molar-refractivity contribution in [2.45, 2.75) is 13.3 Å². The van der Waals surface area contributed by atoms with Crippen LogP contribution in [0.1, 0.15) is 12.5 Å². The van der Waals surface area contributed by atoms with E-state index in [-0.39, 0.29) is 18.9 Å². The van der Waals surface area contributed by atoms with Crippen molar-refractivity contribution in [1.29, 1.82) is 0 Å². The molecule has 2 N–H and O–H groups in total. The van der Waals surface area contributed by atoms with E-state index in [1.165, 1.54) is 25.1 Å². The Hall–Kier alpha value is -1.43. The van der Waals surface area contributed by atoms with Crippen LogP contribution in [0.3, 0.4) is 0 Å². The molecule has 0 aromatic heterocycles. The highest BCUT2D eigenvalue weighted by atomic mass is 79.9. The molecule has 1 atom stereocenters. The van der Waals surface area contributed by atoms with E-state index in [0.717, 1.165) is 0 Å². The lowest BCUT2D eigenvalue weighted by Gasteiger charge is -2.09. The van der Waals surface area contributed by atoms with E-state index in [0.29, 0.717) is 10.0 Å². The van der Waals surface area contributed by atoms with Gasteiger partial charge in [0.1, 0.15) is 5.82 Å². The van der Waals surface area contributed by atoms with Gasteiger partial charge in [0.15, 0.2) is 0 Å². The molecule has 0 aliphatic carbocycles. The number of nitrogens with one attached hydrogen (secondary N) is 1. The van der Waals surface area contributed by atoms with Crippen LogP contribution in [-0.4, -0.2) is 23.5 Å². The molecule has 0 aliphatic rings. The highest BCUT2D eigenvalue weighted by Crippen LogP contribution is 2.18. The molecule has 0 fully saturated rings. The van der Waals surface area contributed by atoms with E-state index in [1.54, 1.807) is 0 Å². The van der Waals surface area contributed by atoms with Gasteiger partial charge in [0, 0.05) is 11.0 Å². The first-order chi connectivity index (χ1) is 8.40. The predicted molar refractivity (Wildman–Crippen MR) is 67.6 cm³/mol. The van der Waals surface area contributed by atoms with Crippen LogP contribution in [-0.2, 0) is 16.0 Å². The molecule has 1 unspecified atom stereocenters. The maximum absolute atomic E-state index is 13.0. The van der Waals surface area contributed by atoms with Crippen LogP contribution in [0, 0.1) is 11.7 Å². The summed E-state index contributed by atoms with van der Waals surface area (Å²) in [6.07, 6.45) is 0.00465. The number of benzene rings is 1. The Morgan fingerprint density at radius 3 is 2.78 bits per heavy atom. The van der Waals surface area contributed by atoms with E-state index >= 15 is 0 Å². The SMILES string of the molecule is CC(CNC(=O)Cc1cc(F)ccc1Br)C(=O)O. The molecule has 0 radical (unpaired) electrons. The van der Waals surface area contributed by atoms with Crippen molar-refractivity contribution in [3.8, 4) is 0 Å². The number of hydrogen-bond donors (Lipinski definition) is 2. The monoisotopic (exact) mass is 317 g/mol. The largest absolute Gasteiger partial charge is 0.481 e. The Morgan fingerprint density at radius 2 is 2.17 bits per heavy atom. The number of carbonyl (C=O) groups is 2. The first-order valence-corrected chi connectivity index (χ1v) is 6.13. The van der Waals surface area contributed by atoms with Crippen molar-refractivity contribution >= 4 is 27.8 Å². The molecule has 1 aromatic rings. The van der Waals surface area contributed by atoms with E-state index in [4.69, 9.17) is 5.11 Å². The van der Waals surface area contributed by atoms with Crippen LogP contribution in [0.2, 0.25) is 0 Å². The summed E-state index contributed by atoms with van der Waals surface area (Å²) in [4.78, 5) is 22.1. The molecule has 4 nitrogen and oxygen atoms in total. The van der Waals surface area contributed by atoms with Crippen molar-refractivity contribution in [2.75, 3.05) is 6.54 Å². The van der Waals surface area contributed by atoms with Gasteiger partial charge in [0.2, 0.25) is 5.91 Å². The fourth-order valence-corrected chi connectivity index (χ4v) is 1.66. The molecule has 18 heavy (non-hydrogen) atoms. The van der Waals surface area contributed by atoms with Gasteiger partial charge in [0.25, 0.3) is 0 Å². The Balaban J connectivity index is 2.54.